The smallest absolute Gasteiger partial charge is 0.288 e. The topological polar surface area (TPSA) is 122 Å². The van der Waals surface area contributed by atoms with Crippen molar-refractivity contribution in [1.29, 1.82) is 0 Å². The summed E-state index contributed by atoms with van der Waals surface area (Å²) >= 11 is 5.85. The lowest BCUT2D eigenvalue weighted by molar-refractivity contribution is -0.384. The van der Waals surface area contributed by atoms with E-state index < -0.39 is 26.5 Å². The van der Waals surface area contributed by atoms with Gasteiger partial charge in [0, 0.05) is 37.8 Å². The van der Waals surface area contributed by atoms with Crippen LogP contribution in [-0.2, 0) is 14.8 Å². The number of nitrogens with one attached hydrogen (secondary N) is 1. The van der Waals surface area contributed by atoms with Gasteiger partial charge in [-0.3, -0.25) is 14.9 Å². The first-order chi connectivity index (χ1) is 15.7. The summed E-state index contributed by atoms with van der Waals surface area (Å²) in [6, 6.07) is 8.32. The van der Waals surface area contributed by atoms with E-state index in [0.29, 0.717) is 45.1 Å². The molecule has 0 radical (unpaired) electrons. The van der Waals surface area contributed by atoms with Crippen molar-refractivity contribution in [2.45, 2.75) is 18.7 Å². The monoisotopic (exact) mass is 496 g/mol. The summed E-state index contributed by atoms with van der Waals surface area (Å²) in [5.41, 5.74) is 0.549. The maximum Gasteiger partial charge on any atom is 0.288 e. The molecule has 0 atom stereocenters. The highest BCUT2D eigenvalue weighted by Gasteiger charge is 2.25. The number of sulfonamides is 1. The molecule has 0 spiro atoms. The van der Waals surface area contributed by atoms with Gasteiger partial charge in [0.1, 0.15) is 5.02 Å². The molecule has 1 saturated heterocycles. The maximum atomic E-state index is 13.0. The Balaban J connectivity index is 2.02. The number of morpholine rings is 1. The highest BCUT2D eigenvalue weighted by molar-refractivity contribution is 7.89. The lowest BCUT2D eigenvalue weighted by Gasteiger charge is -2.31. The molecule has 3 rings (SSSR count). The number of amides is 1. The molecule has 1 fully saturated rings. The largest absolute Gasteiger partial charge is 0.378 e. The van der Waals surface area contributed by atoms with Crippen molar-refractivity contribution in [1.82, 2.24) is 4.31 Å². The number of benzene rings is 2. The molecule has 178 valence electrons. The van der Waals surface area contributed by atoms with E-state index in [1.54, 1.807) is 19.9 Å². The van der Waals surface area contributed by atoms with Crippen LogP contribution >= 0.6 is 11.6 Å². The molecule has 0 saturated carbocycles. The van der Waals surface area contributed by atoms with Crippen LogP contribution in [0.15, 0.2) is 41.3 Å². The Kier molecular flexibility index (Phi) is 7.90. The molecule has 0 bridgehead atoms. The minimum Gasteiger partial charge on any atom is -0.378 e. The number of carbonyl (C=O) groups excluding carboxylic acids is 1. The van der Waals surface area contributed by atoms with Gasteiger partial charge in [0.05, 0.1) is 34.4 Å². The summed E-state index contributed by atoms with van der Waals surface area (Å²) < 4.78 is 32.8. The van der Waals surface area contributed by atoms with Crippen molar-refractivity contribution < 1.29 is 22.9 Å². The third kappa shape index (κ3) is 5.44. The third-order valence-corrected chi connectivity index (χ3v) is 7.68. The van der Waals surface area contributed by atoms with Crippen molar-refractivity contribution in [3.8, 4) is 0 Å². The fraction of sp³-hybridized carbons (Fsp3) is 0.381. The van der Waals surface area contributed by atoms with E-state index in [4.69, 9.17) is 16.3 Å². The second-order valence-corrected chi connectivity index (χ2v) is 9.59. The molecule has 2 aromatic carbocycles. The maximum absolute atomic E-state index is 13.0. The number of nitro groups is 1. The molecule has 1 N–H and O–H groups in total. The van der Waals surface area contributed by atoms with Crippen molar-refractivity contribution in [3.63, 3.8) is 0 Å². The van der Waals surface area contributed by atoms with Crippen LogP contribution in [0, 0.1) is 10.1 Å². The lowest BCUT2D eigenvalue weighted by atomic mass is 10.1. The van der Waals surface area contributed by atoms with Crippen LogP contribution < -0.4 is 10.2 Å². The van der Waals surface area contributed by atoms with Crippen LogP contribution in [-0.4, -0.2) is 62.9 Å². The standard InChI is InChI=1S/C21H25ClN4O6S/c1-3-25(4-2)33(30,31)16-6-8-19(24-9-11-32-12-10-24)18(14-16)23-21(27)15-5-7-17(22)20(13-15)26(28)29/h5-8,13-14H,3-4,9-12H2,1-2H3,(H,23,27). The summed E-state index contributed by atoms with van der Waals surface area (Å²) in [7, 11) is -3.76. The number of anilines is 2. The molecule has 0 aliphatic carbocycles. The minimum absolute atomic E-state index is 0.0241. The minimum atomic E-state index is -3.76. The Bertz CT molecular complexity index is 1150. The molecular formula is C21H25ClN4O6S. The highest BCUT2D eigenvalue weighted by atomic mass is 35.5. The highest BCUT2D eigenvalue weighted by Crippen LogP contribution is 2.32. The summed E-state index contributed by atoms with van der Waals surface area (Å²) in [4.78, 5) is 25.5. The SMILES string of the molecule is CCN(CC)S(=O)(=O)c1ccc(N2CCOCC2)c(NC(=O)c2ccc(Cl)c([N+](=O)[O-])c2)c1. The molecule has 2 aromatic rings. The molecule has 33 heavy (non-hydrogen) atoms. The summed E-state index contributed by atoms with van der Waals surface area (Å²) in [5, 5.41) is 13.8. The molecule has 12 heteroatoms. The zero-order chi connectivity index (χ0) is 24.2. The Labute approximate surface area is 197 Å². The first-order valence-electron chi connectivity index (χ1n) is 10.4. The average molecular weight is 497 g/mol. The number of nitro benzene ring substituents is 1. The summed E-state index contributed by atoms with van der Waals surface area (Å²) in [6.07, 6.45) is 0. The van der Waals surface area contributed by atoms with Crippen LogP contribution in [0.25, 0.3) is 0 Å². The van der Waals surface area contributed by atoms with Gasteiger partial charge in [-0.1, -0.05) is 25.4 Å². The predicted octanol–water partition coefficient (Wildman–Crippen LogP) is 3.37. The number of ether oxygens (including phenoxy) is 1. The van der Waals surface area contributed by atoms with E-state index in [-0.39, 0.29) is 21.2 Å². The third-order valence-electron chi connectivity index (χ3n) is 5.32. The van der Waals surface area contributed by atoms with Gasteiger partial charge in [-0.15, -0.1) is 0 Å². The first-order valence-corrected chi connectivity index (χ1v) is 12.2. The molecule has 1 heterocycles. The second kappa shape index (κ2) is 10.5. The van der Waals surface area contributed by atoms with Gasteiger partial charge >= 0.3 is 0 Å². The summed E-state index contributed by atoms with van der Waals surface area (Å²) in [6.45, 7) is 6.24. The fourth-order valence-corrected chi connectivity index (χ4v) is 5.23. The van der Waals surface area contributed by atoms with Crippen LogP contribution in [0.5, 0.6) is 0 Å². The molecule has 0 aromatic heterocycles. The Morgan fingerprint density at radius 2 is 1.85 bits per heavy atom. The van der Waals surface area contributed by atoms with Crippen LogP contribution in [0.3, 0.4) is 0 Å². The molecule has 0 unspecified atom stereocenters. The van der Waals surface area contributed by atoms with E-state index in [9.17, 15) is 23.3 Å². The number of rotatable bonds is 8. The van der Waals surface area contributed by atoms with Gasteiger partial charge < -0.3 is 15.0 Å². The van der Waals surface area contributed by atoms with Crippen molar-refractivity contribution in [2.75, 3.05) is 49.6 Å². The molecule has 1 aliphatic rings. The van der Waals surface area contributed by atoms with Crippen LogP contribution in [0.1, 0.15) is 24.2 Å². The zero-order valence-electron chi connectivity index (χ0n) is 18.3. The van der Waals surface area contributed by atoms with E-state index in [2.05, 4.69) is 5.32 Å². The second-order valence-electron chi connectivity index (χ2n) is 7.25. The number of nitrogens with zero attached hydrogens (tertiary/aromatic N) is 3. The fourth-order valence-electron chi connectivity index (χ4n) is 3.56. The zero-order valence-corrected chi connectivity index (χ0v) is 19.9. The van der Waals surface area contributed by atoms with Crippen molar-refractivity contribution in [3.05, 3.63) is 57.1 Å². The number of halogens is 1. The normalized spacial score (nSPS) is 14.4. The molecule has 1 amide bonds. The van der Waals surface area contributed by atoms with Gasteiger partial charge in [0.15, 0.2) is 0 Å². The molecular weight excluding hydrogens is 472 g/mol. The van der Waals surface area contributed by atoms with E-state index in [1.807, 2.05) is 4.90 Å². The Morgan fingerprint density at radius 1 is 1.18 bits per heavy atom. The predicted molar refractivity (Wildman–Crippen MR) is 126 cm³/mol. The first kappa shape index (κ1) is 24.9. The number of hydrogen-bond acceptors (Lipinski definition) is 7. The van der Waals surface area contributed by atoms with E-state index >= 15 is 0 Å². The van der Waals surface area contributed by atoms with Crippen molar-refractivity contribution in [2.24, 2.45) is 0 Å². The van der Waals surface area contributed by atoms with Crippen LogP contribution in [0.2, 0.25) is 5.02 Å². The Hall–Kier alpha value is -2.73. The van der Waals surface area contributed by atoms with Crippen LogP contribution in [0.4, 0.5) is 17.1 Å². The van der Waals surface area contributed by atoms with Gasteiger partial charge in [0.2, 0.25) is 10.0 Å². The quantitative estimate of drug-likeness (QED) is 0.439. The van der Waals surface area contributed by atoms with E-state index in [1.165, 1.54) is 28.6 Å². The number of hydrogen-bond donors (Lipinski definition) is 1. The van der Waals surface area contributed by atoms with Gasteiger partial charge in [-0.05, 0) is 30.3 Å². The lowest BCUT2D eigenvalue weighted by Crippen LogP contribution is -2.37. The molecule has 10 nitrogen and oxygen atoms in total. The van der Waals surface area contributed by atoms with Gasteiger partial charge in [-0.25, -0.2) is 8.42 Å². The summed E-state index contributed by atoms with van der Waals surface area (Å²) in [5.74, 6) is -0.623. The van der Waals surface area contributed by atoms with Crippen molar-refractivity contribution >= 4 is 44.6 Å². The average Bonchev–Trinajstić information content (AvgIpc) is 2.80. The molecule has 1 aliphatic heterocycles. The number of carbonyl (C=O) groups is 1. The van der Waals surface area contributed by atoms with Gasteiger partial charge in [0.25, 0.3) is 11.6 Å². The van der Waals surface area contributed by atoms with Gasteiger partial charge in [-0.2, -0.15) is 4.31 Å². The Morgan fingerprint density at radius 3 is 2.45 bits per heavy atom. The van der Waals surface area contributed by atoms with E-state index in [0.717, 1.165) is 6.07 Å².